The van der Waals surface area contributed by atoms with Crippen LogP contribution in [0.2, 0.25) is 0 Å². The quantitative estimate of drug-likeness (QED) is 0.488. The van der Waals surface area contributed by atoms with Crippen LogP contribution in [0.3, 0.4) is 0 Å². The third-order valence-corrected chi connectivity index (χ3v) is 2.55. The molecule has 1 rings (SSSR count). The molecular weight excluding hydrogens is 244 g/mol. The number of aryl methyl sites for hydroxylation is 1. The smallest absolute Gasteiger partial charge is 0.310 e. The van der Waals surface area contributed by atoms with Gasteiger partial charge < -0.3 is 10.1 Å². The standard InChI is InChI=1S/C14H22N2O3/c1-11-6-7-12(16(17)18)13(10-11)19-9-5-8-15-14(2,3)4/h6-7,10,15H,5,8-9H2,1-4H3. The molecule has 1 N–H and O–H groups in total. The molecule has 0 saturated heterocycles. The van der Waals surface area contributed by atoms with Gasteiger partial charge in [-0.1, -0.05) is 6.07 Å². The summed E-state index contributed by atoms with van der Waals surface area (Å²) in [4.78, 5) is 10.5. The van der Waals surface area contributed by atoms with Crippen LogP contribution < -0.4 is 10.1 Å². The molecular formula is C14H22N2O3. The van der Waals surface area contributed by atoms with Gasteiger partial charge in [-0.05, 0) is 52.3 Å². The molecule has 0 saturated carbocycles. The normalized spacial score (nSPS) is 11.4. The van der Waals surface area contributed by atoms with E-state index in [-0.39, 0.29) is 11.2 Å². The van der Waals surface area contributed by atoms with Gasteiger partial charge in [0.25, 0.3) is 0 Å². The molecule has 0 unspecified atom stereocenters. The van der Waals surface area contributed by atoms with Crippen LogP contribution in [0.15, 0.2) is 18.2 Å². The molecule has 0 aliphatic rings. The molecule has 19 heavy (non-hydrogen) atoms. The fraction of sp³-hybridized carbons (Fsp3) is 0.571. The highest BCUT2D eigenvalue weighted by Gasteiger charge is 2.14. The van der Waals surface area contributed by atoms with Crippen molar-refractivity contribution in [3.05, 3.63) is 33.9 Å². The van der Waals surface area contributed by atoms with E-state index in [9.17, 15) is 10.1 Å². The van der Waals surface area contributed by atoms with E-state index in [0.717, 1.165) is 18.5 Å². The summed E-state index contributed by atoms with van der Waals surface area (Å²) >= 11 is 0. The predicted octanol–water partition coefficient (Wildman–Crippen LogP) is 3.06. The lowest BCUT2D eigenvalue weighted by Crippen LogP contribution is -2.36. The topological polar surface area (TPSA) is 64.4 Å². The average molecular weight is 266 g/mol. The van der Waals surface area contributed by atoms with Gasteiger partial charge in [0.2, 0.25) is 0 Å². The first-order chi connectivity index (χ1) is 8.79. The second-order valence-electron chi connectivity index (χ2n) is 5.61. The third-order valence-electron chi connectivity index (χ3n) is 2.55. The summed E-state index contributed by atoms with van der Waals surface area (Å²) in [6.45, 7) is 9.46. The number of nitro groups is 1. The molecule has 0 heterocycles. The van der Waals surface area contributed by atoms with Crippen molar-refractivity contribution in [2.75, 3.05) is 13.2 Å². The molecule has 5 heteroatoms. The van der Waals surface area contributed by atoms with Crippen molar-refractivity contribution >= 4 is 5.69 Å². The predicted molar refractivity (Wildman–Crippen MR) is 75.7 cm³/mol. The highest BCUT2D eigenvalue weighted by molar-refractivity contribution is 5.48. The monoisotopic (exact) mass is 266 g/mol. The van der Waals surface area contributed by atoms with Crippen LogP contribution in [0.25, 0.3) is 0 Å². The van der Waals surface area contributed by atoms with Gasteiger partial charge >= 0.3 is 5.69 Å². The summed E-state index contributed by atoms with van der Waals surface area (Å²) in [5.74, 6) is 0.348. The van der Waals surface area contributed by atoms with Crippen LogP contribution in [-0.4, -0.2) is 23.6 Å². The Bertz CT molecular complexity index is 439. The number of hydrogen-bond donors (Lipinski definition) is 1. The molecule has 106 valence electrons. The van der Waals surface area contributed by atoms with Crippen molar-refractivity contribution in [3.63, 3.8) is 0 Å². The van der Waals surface area contributed by atoms with Crippen molar-refractivity contribution in [3.8, 4) is 5.75 Å². The van der Waals surface area contributed by atoms with E-state index in [1.807, 2.05) is 6.92 Å². The molecule has 0 aliphatic heterocycles. The van der Waals surface area contributed by atoms with E-state index in [1.54, 1.807) is 12.1 Å². The minimum absolute atomic E-state index is 0.0226. The number of benzene rings is 1. The fourth-order valence-corrected chi connectivity index (χ4v) is 1.61. The van der Waals surface area contributed by atoms with E-state index < -0.39 is 4.92 Å². The van der Waals surface area contributed by atoms with Crippen LogP contribution in [0.5, 0.6) is 5.75 Å². The van der Waals surface area contributed by atoms with Crippen molar-refractivity contribution in [2.24, 2.45) is 0 Å². The highest BCUT2D eigenvalue weighted by atomic mass is 16.6. The van der Waals surface area contributed by atoms with Crippen LogP contribution in [0.4, 0.5) is 5.69 Å². The lowest BCUT2D eigenvalue weighted by molar-refractivity contribution is -0.385. The zero-order valence-corrected chi connectivity index (χ0v) is 12.0. The minimum atomic E-state index is -0.415. The highest BCUT2D eigenvalue weighted by Crippen LogP contribution is 2.27. The first kappa shape index (κ1) is 15.4. The van der Waals surface area contributed by atoms with Crippen LogP contribution in [-0.2, 0) is 0 Å². The molecule has 5 nitrogen and oxygen atoms in total. The van der Waals surface area contributed by atoms with E-state index in [4.69, 9.17) is 4.74 Å². The zero-order chi connectivity index (χ0) is 14.5. The minimum Gasteiger partial charge on any atom is -0.487 e. The molecule has 0 fully saturated rings. The second-order valence-corrected chi connectivity index (χ2v) is 5.61. The van der Waals surface area contributed by atoms with E-state index >= 15 is 0 Å². The van der Waals surface area contributed by atoms with Gasteiger partial charge in [-0.25, -0.2) is 0 Å². The van der Waals surface area contributed by atoms with Gasteiger partial charge in [-0.15, -0.1) is 0 Å². The van der Waals surface area contributed by atoms with Crippen LogP contribution >= 0.6 is 0 Å². The van der Waals surface area contributed by atoms with Crippen molar-refractivity contribution in [1.29, 1.82) is 0 Å². The average Bonchev–Trinajstić information content (AvgIpc) is 2.26. The molecule has 0 amide bonds. The van der Waals surface area contributed by atoms with Crippen molar-refractivity contribution in [1.82, 2.24) is 5.32 Å². The van der Waals surface area contributed by atoms with Crippen LogP contribution in [0, 0.1) is 17.0 Å². The third kappa shape index (κ3) is 5.70. The lowest BCUT2D eigenvalue weighted by atomic mass is 10.1. The first-order valence-corrected chi connectivity index (χ1v) is 6.42. The molecule has 1 aromatic carbocycles. The number of rotatable bonds is 6. The molecule has 0 aliphatic carbocycles. The number of nitro benzene ring substituents is 1. The van der Waals surface area contributed by atoms with Crippen molar-refractivity contribution in [2.45, 2.75) is 39.7 Å². The maximum Gasteiger partial charge on any atom is 0.310 e. The van der Waals surface area contributed by atoms with Gasteiger partial charge in [0.05, 0.1) is 11.5 Å². The largest absolute Gasteiger partial charge is 0.487 e. The number of nitrogens with one attached hydrogen (secondary N) is 1. The Labute approximate surface area is 114 Å². The van der Waals surface area contributed by atoms with Gasteiger partial charge in [0.15, 0.2) is 5.75 Å². The molecule has 0 bridgehead atoms. The Morgan fingerprint density at radius 3 is 2.63 bits per heavy atom. The molecule has 1 aromatic rings. The van der Waals surface area contributed by atoms with E-state index in [0.29, 0.717) is 12.4 Å². The SMILES string of the molecule is Cc1ccc([N+](=O)[O-])c(OCCCNC(C)(C)C)c1. The van der Waals surface area contributed by atoms with Gasteiger partial charge in [-0.2, -0.15) is 0 Å². The van der Waals surface area contributed by atoms with Gasteiger partial charge in [-0.3, -0.25) is 10.1 Å². The summed E-state index contributed by atoms with van der Waals surface area (Å²) in [5, 5.41) is 14.2. The number of ether oxygens (including phenoxy) is 1. The van der Waals surface area contributed by atoms with Crippen LogP contribution in [0.1, 0.15) is 32.8 Å². The Hall–Kier alpha value is -1.62. The fourth-order valence-electron chi connectivity index (χ4n) is 1.61. The zero-order valence-electron chi connectivity index (χ0n) is 12.0. The van der Waals surface area contributed by atoms with Gasteiger partial charge in [0, 0.05) is 11.6 Å². The molecule has 0 aromatic heterocycles. The summed E-state index contributed by atoms with van der Waals surface area (Å²) in [7, 11) is 0. The Balaban J connectivity index is 2.49. The number of hydrogen-bond acceptors (Lipinski definition) is 4. The van der Waals surface area contributed by atoms with Gasteiger partial charge in [0.1, 0.15) is 0 Å². The Kier molecular flexibility index (Phi) is 5.30. The first-order valence-electron chi connectivity index (χ1n) is 6.42. The Morgan fingerprint density at radius 1 is 1.37 bits per heavy atom. The molecule has 0 atom stereocenters. The Morgan fingerprint density at radius 2 is 2.05 bits per heavy atom. The maximum absolute atomic E-state index is 10.9. The molecule has 0 radical (unpaired) electrons. The van der Waals surface area contributed by atoms with E-state index in [2.05, 4.69) is 26.1 Å². The summed E-state index contributed by atoms with van der Waals surface area (Å²) in [5.41, 5.74) is 1.05. The lowest BCUT2D eigenvalue weighted by Gasteiger charge is -2.20. The number of nitrogens with zero attached hydrogens (tertiary/aromatic N) is 1. The summed E-state index contributed by atoms with van der Waals surface area (Å²) in [6, 6.07) is 4.90. The van der Waals surface area contributed by atoms with E-state index in [1.165, 1.54) is 6.07 Å². The van der Waals surface area contributed by atoms with Crippen molar-refractivity contribution < 1.29 is 9.66 Å². The second kappa shape index (κ2) is 6.52. The molecule has 0 spiro atoms. The summed E-state index contributed by atoms with van der Waals surface area (Å²) < 4.78 is 5.51. The maximum atomic E-state index is 10.9. The summed E-state index contributed by atoms with van der Waals surface area (Å²) in [6.07, 6.45) is 0.808.